The molecule has 12 heavy (non-hydrogen) atoms. The highest BCUT2D eigenvalue weighted by Crippen LogP contribution is 2.58. The van der Waals surface area contributed by atoms with Crippen LogP contribution in [0.3, 0.4) is 0 Å². The van der Waals surface area contributed by atoms with Crippen LogP contribution >= 0.6 is 11.3 Å². The molecule has 1 aliphatic rings. The summed E-state index contributed by atoms with van der Waals surface area (Å²) in [5.74, 6) is 0.601. The lowest BCUT2D eigenvalue weighted by molar-refractivity contribution is 0.599. The topological polar surface area (TPSA) is 26.0 Å². The van der Waals surface area contributed by atoms with Crippen molar-refractivity contribution in [3.8, 4) is 0 Å². The normalized spacial score (nSPS) is 32.0. The van der Waals surface area contributed by atoms with Crippen LogP contribution < -0.4 is 5.73 Å². The predicted molar refractivity (Wildman–Crippen MR) is 53.6 cm³/mol. The fourth-order valence-corrected chi connectivity index (χ4v) is 2.85. The Morgan fingerprint density at radius 1 is 1.42 bits per heavy atom. The van der Waals surface area contributed by atoms with Crippen LogP contribution in [-0.4, -0.2) is 6.04 Å². The molecule has 1 aliphatic carbocycles. The van der Waals surface area contributed by atoms with Gasteiger partial charge in [0.1, 0.15) is 0 Å². The number of rotatable bonds is 1. The molecule has 2 N–H and O–H groups in total. The Hall–Kier alpha value is -0.340. The number of hydrogen-bond donors (Lipinski definition) is 1. The van der Waals surface area contributed by atoms with Crippen LogP contribution in [0.15, 0.2) is 10.8 Å². The molecule has 1 fully saturated rings. The van der Waals surface area contributed by atoms with Crippen LogP contribution in [-0.2, 0) is 0 Å². The lowest BCUT2D eigenvalue weighted by Crippen LogP contribution is -2.06. The predicted octanol–water partition coefficient (Wildman–Crippen LogP) is 2.51. The van der Waals surface area contributed by atoms with Crippen molar-refractivity contribution in [3.05, 3.63) is 21.9 Å². The van der Waals surface area contributed by atoms with E-state index in [0.717, 1.165) is 0 Å². The number of nitrogens with two attached hydrogens (primary N) is 1. The van der Waals surface area contributed by atoms with Gasteiger partial charge in [-0.2, -0.15) is 11.3 Å². The van der Waals surface area contributed by atoms with Crippen LogP contribution in [0.5, 0.6) is 0 Å². The molecule has 1 aromatic rings. The van der Waals surface area contributed by atoms with Gasteiger partial charge in [0.2, 0.25) is 0 Å². The molecule has 1 nitrogen and oxygen atoms in total. The van der Waals surface area contributed by atoms with Gasteiger partial charge in [-0.1, -0.05) is 13.8 Å². The second kappa shape index (κ2) is 2.33. The molecule has 2 atom stereocenters. The summed E-state index contributed by atoms with van der Waals surface area (Å²) in [6.45, 7) is 6.67. The number of thiophene rings is 1. The Kier molecular flexibility index (Phi) is 1.61. The van der Waals surface area contributed by atoms with E-state index in [1.165, 1.54) is 11.1 Å². The first kappa shape index (κ1) is 8.27. The first-order chi connectivity index (χ1) is 5.55. The van der Waals surface area contributed by atoms with Crippen LogP contribution in [0.1, 0.15) is 30.9 Å². The van der Waals surface area contributed by atoms with Gasteiger partial charge in [0, 0.05) is 12.0 Å². The Balaban J connectivity index is 2.30. The largest absolute Gasteiger partial charge is 0.327 e. The van der Waals surface area contributed by atoms with Crippen LogP contribution in [0.2, 0.25) is 0 Å². The maximum absolute atomic E-state index is 6.01. The quantitative estimate of drug-likeness (QED) is 0.708. The monoisotopic (exact) mass is 181 g/mol. The molecular formula is C10H15NS. The standard InChI is InChI=1S/C10H15NS/c1-6-4-12-5-7(6)8-9(11)10(8,2)3/h4-5,8-9H,11H2,1-3H3/t8-,9-/m0/s1. The summed E-state index contributed by atoms with van der Waals surface area (Å²) >= 11 is 1.78. The molecule has 0 amide bonds. The third-order valence-electron chi connectivity index (χ3n) is 3.14. The molecule has 0 aliphatic heterocycles. The van der Waals surface area contributed by atoms with Gasteiger partial charge in [-0.3, -0.25) is 0 Å². The highest BCUT2D eigenvalue weighted by molar-refractivity contribution is 7.08. The minimum Gasteiger partial charge on any atom is -0.327 e. The van der Waals surface area contributed by atoms with Crippen molar-refractivity contribution in [2.45, 2.75) is 32.7 Å². The van der Waals surface area contributed by atoms with E-state index >= 15 is 0 Å². The fraction of sp³-hybridized carbons (Fsp3) is 0.600. The molecule has 0 bridgehead atoms. The first-order valence-electron chi connectivity index (χ1n) is 4.33. The fourth-order valence-electron chi connectivity index (χ4n) is 1.96. The van der Waals surface area contributed by atoms with E-state index in [0.29, 0.717) is 17.4 Å². The second-order valence-electron chi connectivity index (χ2n) is 4.33. The molecule has 0 aromatic carbocycles. The Morgan fingerprint density at radius 2 is 2.00 bits per heavy atom. The smallest absolute Gasteiger partial charge is 0.0172 e. The Labute approximate surface area is 77.6 Å². The van der Waals surface area contributed by atoms with E-state index in [9.17, 15) is 0 Å². The van der Waals surface area contributed by atoms with Gasteiger partial charge < -0.3 is 5.73 Å². The van der Waals surface area contributed by atoms with Gasteiger partial charge in [0.15, 0.2) is 0 Å². The second-order valence-corrected chi connectivity index (χ2v) is 5.08. The van der Waals surface area contributed by atoms with Gasteiger partial charge in [0.25, 0.3) is 0 Å². The summed E-state index contributed by atoms with van der Waals surface area (Å²) in [5.41, 5.74) is 9.21. The molecule has 66 valence electrons. The maximum Gasteiger partial charge on any atom is 0.0172 e. The summed E-state index contributed by atoms with van der Waals surface area (Å²) in [6.07, 6.45) is 0. The van der Waals surface area contributed by atoms with Gasteiger partial charge in [0.05, 0.1) is 0 Å². The van der Waals surface area contributed by atoms with E-state index in [4.69, 9.17) is 5.73 Å². The van der Waals surface area contributed by atoms with E-state index < -0.39 is 0 Å². The highest BCUT2D eigenvalue weighted by Gasteiger charge is 2.56. The molecule has 1 aromatic heterocycles. The number of aryl methyl sites for hydroxylation is 1. The molecule has 0 radical (unpaired) electrons. The molecule has 0 spiro atoms. The van der Waals surface area contributed by atoms with Crippen LogP contribution in [0.4, 0.5) is 0 Å². The van der Waals surface area contributed by atoms with Crippen molar-refractivity contribution < 1.29 is 0 Å². The van der Waals surface area contributed by atoms with Gasteiger partial charge in [-0.05, 0) is 34.2 Å². The highest BCUT2D eigenvalue weighted by atomic mass is 32.1. The van der Waals surface area contributed by atoms with E-state index in [2.05, 4.69) is 31.5 Å². The average Bonchev–Trinajstić information content (AvgIpc) is 2.39. The van der Waals surface area contributed by atoms with Crippen LogP contribution in [0.25, 0.3) is 0 Å². The summed E-state index contributed by atoms with van der Waals surface area (Å²) < 4.78 is 0. The van der Waals surface area contributed by atoms with Crippen molar-refractivity contribution >= 4 is 11.3 Å². The number of hydrogen-bond acceptors (Lipinski definition) is 2. The van der Waals surface area contributed by atoms with Crippen molar-refractivity contribution in [1.82, 2.24) is 0 Å². The molecule has 2 heteroatoms. The van der Waals surface area contributed by atoms with Crippen molar-refractivity contribution in [3.63, 3.8) is 0 Å². The Morgan fingerprint density at radius 3 is 2.33 bits per heavy atom. The first-order valence-corrected chi connectivity index (χ1v) is 5.27. The Bertz CT molecular complexity index is 301. The summed E-state index contributed by atoms with van der Waals surface area (Å²) in [7, 11) is 0. The molecule has 0 unspecified atom stereocenters. The van der Waals surface area contributed by atoms with Crippen molar-refractivity contribution in [2.75, 3.05) is 0 Å². The minimum atomic E-state index is 0.325. The van der Waals surface area contributed by atoms with Gasteiger partial charge in [-0.25, -0.2) is 0 Å². The zero-order valence-electron chi connectivity index (χ0n) is 7.79. The molecular weight excluding hydrogens is 166 g/mol. The van der Waals surface area contributed by atoms with E-state index in [-0.39, 0.29) is 0 Å². The van der Waals surface area contributed by atoms with Crippen molar-refractivity contribution in [1.29, 1.82) is 0 Å². The molecule has 1 saturated carbocycles. The van der Waals surface area contributed by atoms with Crippen molar-refractivity contribution in [2.24, 2.45) is 11.1 Å². The average molecular weight is 181 g/mol. The summed E-state index contributed by atoms with van der Waals surface area (Å²) in [5, 5.41) is 4.45. The maximum atomic E-state index is 6.01. The molecule has 0 saturated heterocycles. The molecule has 1 heterocycles. The lowest BCUT2D eigenvalue weighted by Gasteiger charge is -2.00. The minimum absolute atomic E-state index is 0.325. The van der Waals surface area contributed by atoms with Gasteiger partial charge in [-0.15, -0.1) is 0 Å². The zero-order chi connectivity index (χ0) is 8.93. The van der Waals surface area contributed by atoms with E-state index in [1.807, 2.05) is 0 Å². The molecule has 2 rings (SSSR count). The van der Waals surface area contributed by atoms with Crippen LogP contribution in [0, 0.1) is 12.3 Å². The lowest BCUT2D eigenvalue weighted by atomic mass is 10.0. The zero-order valence-corrected chi connectivity index (χ0v) is 8.61. The SMILES string of the molecule is Cc1cscc1[C@H]1[C@H](N)C1(C)C. The third-order valence-corrected chi connectivity index (χ3v) is 4.02. The third kappa shape index (κ3) is 0.947. The van der Waals surface area contributed by atoms with E-state index in [1.54, 1.807) is 11.3 Å². The van der Waals surface area contributed by atoms with Gasteiger partial charge >= 0.3 is 0 Å². The summed E-state index contributed by atoms with van der Waals surface area (Å²) in [4.78, 5) is 0. The summed E-state index contributed by atoms with van der Waals surface area (Å²) in [6, 6.07) is 0.366.